The van der Waals surface area contributed by atoms with Gasteiger partial charge in [-0.05, 0) is 29.3 Å². The van der Waals surface area contributed by atoms with Gasteiger partial charge in [-0.25, -0.2) is 4.98 Å². The molecule has 0 unspecified atom stereocenters. The van der Waals surface area contributed by atoms with Crippen molar-refractivity contribution in [2.75, 3.05) is 0 Å². The molecule has 2 rings (SSSR count). The van der Waals surface area contributed by atoms with Crippen molar-refractivity contribution in [2.24, 2.45) is 0 Å². The summed E-state index contributed by atoms with van der Waals surface area (Å²) in [6, 6.07) is 1.97. The van der Waals surface area contributed by atoms with Crippen molar-refractivity contribution < 1.29 is 4.79 Å². The summed E-state index contributed by atoms with van der Waals surface area (Å²) in [5.41, 5.74) is 2.07. The molecule has 0 atom stereocenters. The van der Waals surface area contributed by atoms with Crippen LogP contribution in [-0.2, 0) is 17.8 Å². The smallest absolute Gasteiger partial charge is 0.224 e. The number of thiazole rings is 1. The molecule has 2 heterocycles. The number of rotatable bonds is 4. The third-order valence-electron chi connectivity index (χ3n) is 2.05. The third kappa shape index (κ3) is 3.15. The van der Waals surface area contributed by atoms with Crippen LogP contribution in [0.1, 0.15) is 16.3 Å². The Balaban J connectivity index is 1.80. The molecule has 0 aliphatic carbocycles. The van der Waals surface area contributed by atoms with Gasteiger partial charge in [0.25, 0.3) is 0 Å². The van der Waals surface area contributed by atoms with E-state index in [1.807, 2.05) is 29.1 Å². The molecule has 0 saturated heterocycles. The molecular formula is C11H12N2OS2. The summed E-state index contributed by atoms with van der Waals surface area (Å²) >= 11 is 3.18. The second kappa shape index (κ2) is 5.23. The fourth-order valence-electron chi connectivity index (χ4n) is 1.30. The molecule has 0 fully saturated rings. The van der Waals surface area contributed by atoms with Crippen LogP contribution in [0.3, 0.4) is 0 Å². The molecule has 5 heteroatoms. The summed E-state index contributed by atoms with van der Waals surface area (Å²) in [4.78, 5) is 15.8. The zero-order chi connectivity index (χ0) is 11.4. The predicted molar refractivity (Wildman–Crippen MR) is 66.7 cm³/mol. The van der Waals surface area contributed by atoms with Gasteiger partial charge in [-0.2, -0.15) is 11.3 Å². The fourth-order valence-corrected chi connectivity index (χ4v) is 2.68. The Morgan fingerprint density at radius 2 is 2.38 bits per heavy atom. The van der Waals surface area contributed by atoms with Gasteiger partial charge in [0, 0.05) is 11.1 Å². The average Bonchev–Trinajstić information content (AvgIpc) is 2.87. The SMILES string of the molecule is Cc1csc(CNC(=O)Cc2ccsc2)n1. The van der Waals surface area contributed by atoms with E-state index in [9.17, 15) is 4.79 Å². The Labute approximate surface area is 102 Å². The van der Waals surface area contributed by atoms with Crippen LogP contribution in [0.4, 0.5) is 0 Å². The van der Waals surface area contributed by atoms with E-state index in [1.165, 1.54) is 0 Å². The number of carbonyl (C=O) groups is 1. The first-order chi connectivity index (χ1) is 7.74. The number of aromatic nitrogens is 1. The summed E-state index contributed by atoms with van der Waals surface area (Å²) < 4.78 is 0. The van der Waals surface area contributed by atoms with E-state index in [0.29, 0.717) is 13.0 Å². The van der Waals surface area contributed by atoms with Crippen LogP contribution in [0.2, 0.25) is 0 Å². The van der Waals surface area contributed by atoms with E-state index in [-0.39, 0.29) is 5.91 Å². The van der Waals surface area contributed by atoms with Gasteiger partial charge >= 0.3 is 0 Å². The zero-order valence-electron chi connectivity index (χ0n) is 8.90. The monoisotopic (exact) mass is 252 g/mol. The van der Waals surface area contributed by atoms with E-state index in [1.54, 1.807) is 22.7 Å². The molecule has 0 bridgehead atoms. The maximum absolute atomic E-state index is 11.6. The molecule has 1 N–H and O–H groups in total. The normalized spacial score (nSPS) is 10.3. The number of aryl methyl sites for hydroxylation is 1. The molecule has 2 aromatic heterocycles. The minimum atomic E-state index is 0.0475. The van der Waals surface area contributed by atoms with Crippen molar-refractivity contribution >= 4 is 28.6 Å². The minimum absolute atomic E-state index is 0.0475. The molecule has 0 radical (unpaired) electrons. The predicted octanol–water partition coefficient (Wildman–Crippen LogP) is 2.37. The standard InChI is InChI=1S/C11H12N2OS2/c1-8-6-16-11(13-8)5-12-10(14)4-9-2-3-15-7-9/h2-3,6-7H,4-5H2,1H3,(H,12,14). The first kappa shape index (κ1) is 11.3. The highest BCUT2D eigenvalue weighted by molar-refractivity contribution is 7.09. The van der Waals surface area contributed by atoms with E-state index in [4.69, 9.17) is 0 Å². The summed E-state index contributed by atoms with van der Waals surface area (Å²) in [6.07, 6.45) is 0.452. The minimum Gasteiger partial charge on any atom is -0.349 e. The molecule has 0 aromatic carbocycles. The van der Waals surface area contributed by atoms with Gasteiger partial charge in [-0.1, -0.05) is 0 Å². The molecule has 0 saturated carbocycles. The van der Waals surface area contributed by atoms with Gasteiger partial charge in [-0.15, -0.1) is 11.3 Å². The molecule has 3 nitrogen and oxygen atoms in total. The molecule has 0 aliphatic heterocycles. The third-order valence-corrected chi connectivity index (χ3v) is 3.75. The number of nitrogens with zero attached hydrogens (tertiary/aromatic N) is 1. The topological polar surface area (TPSA) is 42.0 Å². The van der Waals surface area contributed by atoms with Crippen LogP contribution in [0.25, 0.3) is 0 Å². The second-order valence-corrected chi connectivity index (χ2v) is 5.19. The molecule has 1 amide bonds. The highest BCUT2D eigenvalue weighted by atomic mass is 32.1. The van der Waals surface area contributed by atoms with Gasteiger partial charge in [0.15, 0.2) is 0 Å². The van der Waals surface area contributed by atoms with Crippen LogP contribution >= 0.6 is 22.7 Å². The van der Waals surface area contributed by atoms with Crippen molar-refractivity contribution in [2.45, 2.75) is 19.9 Å². The van der Waals surface area contributed by atoms with Gasteiger partial charge < -0.3 is 5.32 Å². The van der Waals surface area contributed by atoms with Crippen LogP contribution in [-0.4, -0.2) is 10.9 Å². The summed E-state index contributed by atoms with van der Waals surface area (Å²) in [7, 11) is 0. The molecule has 84 valence electrons. The van der Waals surface area contributed by atoms with Crippen molar-refractivity contribution in [3.05, 3.63) is 38.5 Å². The average molecular weight is 252 g/mol. The van der Waals surface area contributed by atoms with E-state index >= 15 is 0 Å². The first-order valence-corrected chi connectivity index (χ1v) is 6.75. The van der Waals surface area contributed by atoms with Gasteiger partial charge in [0.1, 0.15) is 5.01 Å². The Morgan fingerprint density at radius 3 is 3.00 bits per heavy atom. The van der Waals surface area contributed by atoms with Crippen molar-refractivity contribution in [1.82, 2.24) is 10.3 Å². The van der Waals surface area contributed by atoms with E-state index < -0.39 is 0 Å². The number of hydrogen-bond acceptors (Lipinski definition) is 4. The number of hydrogen-bond donors (Lipinski definition) is 1. The number of nitrogens with one attached hydrogen (secondary N) is 1. The highest BCUT2D eigenvalue weighted by Crippen LogP contribution is 2.09. The zero-order valence-corrected chi connectivity index (χ0v) is 10.5. The molecule has 16 heavy (non-hydrogen) atoms. The van der Waals surface area contributed by atoms with E-state index in [0.717, 1.165) is 16.3 Å². The first-order valence-electron chi connectivity index (χ1n) is 4.93. The molecule has 0 aliphatic rings. The highest BCUT2D eigenvalue weighted by Gasteiger charge is 2.04. The Kier molecular flexibility index (Phi) is 3.69. The van der Waals surface area contributed by atoms with Gasteiger partial charge in [-0.3, -0.25) is 4.79 Å². The van der Waals surface area contributed by atoms with Crippen molar-refractivity contribution in [3.63, 3.8) is 0 Å². The molecule has 2 aromatic rings. The van der Waals surface area contributed by atoms with Crippen LogP contribution < -0.4 is 5.32 Å². The summed E-state index contributed by atoms with van der Waals surface area (Å²) in [5, 5.41) is 9.78. The Hall–Kier alpha value is -1.20. The Bertz CT molecular complexity index is 462. The lowest BCUT2D eigenvalue weighted by Gasteiger charge is -2.01. The number of thiophene rings is 1. The summed E-state index contributed by atoms with van der Waals surface area (Å²) in [6.45, 7) is 2.48. The van der Waals surface area contributed by atoms with Crippen LogP contribution in [0, 0.1) is 6.92 Å². The van der Waals surface area contributed by atoms with Crippen molar-refractivity contribution in [1.29, 1.82) is 0 Å². The maximum atomic E-state index is 11.6. The molecular weight excluding hydrogens is 240 g/mol. The van der Waals surface area contributed by atoms with Crippen LogP contribution in [0.15, 0.2) is 22.2 Å². The number of amides is 1. The Morgan fingerprint density at radius 1 is 1.50 bits per heavy atom. The van der Waals surface area contributed by atoms with Gasteiger partial charge in [0.2, 0.25) is 5.91 Å². The fraction of sp³-hybridized carbons (Fsp3) is 0.273. The second-order valence-electron chi connectivity index (χ2n) is 3.47. The summed E-state index contributed by atoms with van der Waals surface area (Å²) in [5.74, 6) is 0.0475. The van der Waals surface area contributed by atoms with Crippen molar-refractivity contribution in [3.8, 4) is 0 Å². The largest absolute Gasteiger partial charge is 0.349 e. The lowest BCUT2D eigenvalue weighted by molar-refractivity contribution is -0.120. The lowest BCUT2D eigenvalue weighted by Crippen LogP contribution is -2.24. The quantitative estimate of drug-likeness (QED) is 0.907. The van der Waals surface area contributed by atoms with Gasteiger partial charge in [0.05, 0.1) is 13.0 Å². The van der Waals surface area contributed by atoms with E-state index in [2.05, 4.69) is 10.3 Å². The van der Waals surface area contributed by atoms with Crippen LogP contribution in [0.5, 0.6) is 0 Å². The molecule has 0 spiro atoms. The lowest BCUT2D eigenvalue weighted by atomic mass is 10.2. The number of carbonyl (C=O) groups excluding carboxylic acids is 1. The maximum Gasteiger partial charge on any atom is 0.224 e.